The van der Waals surface area contributed by atoms with E-state index in [4.69, 9.17) is 5.11 Å². The topological polar surface area (TPSA) is 78.4 Å². The minimum atomic E-state index is -0.842. The highest BCUT2D eigenvalue weighted by Crippen LogP contribution is 2.10. The van der Waals surface area contributed by atoms with Crippen LogP contribution in [0.2, 0.25) is 0 Å². The fraction of sp³-hybridized carbons (Fsp3) is 0.857. The van der Waals surface area contributed by atoms with E-state index >= 15 is 0 Å². The molecule has 2 amide bonds. The third kappa shape index (κ3) is 12.1. The maximum absolute atomic E-state index is 11.7. The Morgan fingerprint density at radius 2 is 1.80 bits per heavy atom. The Kier molecular flexibility index (Phi) is 10.3. The quantitative estimate of drug-likeness (QED) is 0.513. The number of aliphatic carboxylic acids is 1. The van der Waals surface area contributed by atoms with Crippen molar-refractivity contribution in [1.29, 1.82) is 0 Å². The summed E-state index contributed by atoms with van der Waals surface area (Å²) in [5.74, 6) is 0.358. The van der Waals surface area contributed by atoms with Crippen molar-refractivity contribution in [1.82, 2.24) is 10.6 Å². The van der Waals surface area contributed by atoms with E-state index < -0.39 is 11.5 Å². The molecule has 0 saturated carbocycles. The summed E-state index contributed by atoms with van der Waals surface area (Å²) in [5.41, 5.74) is -0.499. The number of carboxylic acid groups (broad SMARTS) is 1. The predicted molar refractivity (Wildman–Crippen MR) is 84.3 cm³/mol. The van der Waals surface area contributed by atoms with Crippen molar-refractivity contribution in [3.05, 3.63) is 0 Å². The van der Waals surface area contributed by atoms with Gasteiger partial charge in [-0.25, -0.2) is 4.79 Å². The van der Waals surface area contributed by atoms with Gasteiger partial charge in [0.2, 0.25) is 0 Å². The van der Waals surface area contributed by atoms with Gasteiger partial charge < -0.3 is 15.7 Å². The first-order chi connectivity index (χ1) is 9.37. The number of amides is 2. The van der Waals surface area contributed by atoms with Crippen LogP contribution in [0, 0.1) is 0 Å². The molecule has 0 aromatic heterocycles. The lowest BCUT2D eigenvalue weighted by Crippen LogP contribution is -2.48. The second-order valence-corrected chi connectivity index (χ2v) is 6.55. The van der Waals surface area contributed by atoms with Crippen LogP contribution in [0.3, 0.4) is 0 Å². The maximum Gasteiger partial charge on any atom is 0.315 e. The van der Waals surface area contributed by atoms with Crippen molar-refractivity contribution in [3.8, 4) is 0 Å². The Balaban J connectivity index is 3.63. The fourth-order valence-corrected chi connectivity index (χ4v) is 2.25. The molecule has 0 atom stereocenters. The van der Waals surface area contributed by atoms with Gasteiger partial charge in [0.25, 0.3) is 0 Å². The van der Waals surface area contributed by atoms with Crippen molar-refractivity contribution in [2.45, 2.75) is 57.9 Å². The van der Waals surface area contributed by atoms with Crippen molar-refractivity contribution >= 4 is 23.8 Å². The lowest BCUT2D eigenvalue weighted by Gasteiger charge is -2.25. The largest absolute Gasteiger partial charge is 0.481 e. The molecule has 0 radical (unpaired) electrons. The molecular weight excluding hydrogens is 276 g/mol. The molecular formula is C14H28N2O3S. The molecule has 5 nitrogen and oxygen atoms in total. The summed E-state index contributed by atoms with van der Waals surface area (Å²) in [6, 6.07) is -0.218. The molecule has 6 heteroatoms. The normalized spacial score (nSPS) is 11.2. The van der Waals surface area contributed by atoms with Crippen LogP contribution in [0.5, 0.6) is 0 Å². The minimum Gasteiger partial charge on any atom is -0.481 e. The molecule has 0 aliphatic rings. The summed E-state index contributed by atoms with van der Waals surface area (Å²) in [7, 11) is 0. The second-order valence-electron chi connectivity index (χ2n) is 5.57. The van der Waals surface area contributed by atoms with Gasteiger partial charge >= 0.3 is 12.0 Å². The van der Waals surface area contributed by atoms with Crippen molar-refractivity contribution < 1.29 is 14.7 Å². The number of carbonyl (C=O) groups is 2. The molecule has 0 bridgehead atoms. The summed E-state index contributed by atoms with van der Waals surface area (Å²) in [5, 5.41) is 14.3. The van der Waals surface area contributed by atoms with E-state index in [1.807, 2.05) is 25.6 Å². The van der Waals surface area contributed by atoms with Gasteiger partial charge in [-0.05, 0) is 45.1 Å². The molecule has 0 spiro atoms. The van der Waals surface area contributed by atoms with Gasteiger partial charge in [-0.1, -0.05) is 12.8 Å². The molecule has 3 N–H and O–H groups in total. The van der Waals surface area contributed by atoms with Crippen molar-refractivity contribution in [2.24, 2.45) is 0 Å². The first-order valence-electron chi connectivity index (χ1n) is 7.14. The van der Waals surface area contributed by atoms with Crippen LogP contribution in [-0.2, 0) is 4.79 Å². The van der Waals surface area contributed by atoms with Crippen LogP contribution in [0.4, 0.5) is 4.79 Å². The number of nitrogens with one attached hydrogen (secondary N) is 2. The Hall–Kier alpha value is -0.910. The van der Waals surface area contributed by atoms with E-state index in [1.165, 1.54) is 18.6 Å². The Labute approximate surface area is 126 Å². The molecule has 0 fully saturated rings. The average molecular weight is 304 g/mol. The number of hydrogen-bond donors (Lipinski definition) is 3. The van der Waals surface area contributed by atoms with Gasteiger partial charge in [-0.2, -0.15) is 11.8 Å². The smallest absolute Gasteiger partial charge is 0.315 e. The van der Waals surface area contributed by atoms with Crippen LogP contribution >= 0.6 is 11.8 Å². The predicted octanol–water partition coefficient (Wildman–Crippen LogP) is 2.85. The molecule has 0 aliphatic carbocycles. The summed E-state index contributed by atoms with van der Waals surface area (Å²) in [4.78, 5) is 22.2. The van der Waals surface area contributed by atoms with E-state index in [0.717, 1.165) is 12.8 Å². The highest BCUT2D eigenvalue weighted by atomic mass is 32.2. The lowest BCUT2D eigenvalue weighted by molar-refractivity contribution is -0.137. The van der Waals surface area contributed by atoms with Gasteiger partial charge in [0, 0.05) is 18.5 Å². The Bertz CT molecular complexity index is 296. The Morgan fingerprint density at radius 3 is 2.40 bits per heavy atom. The number of hydrogen-bond acceptors (Lipinski definition) is 3. The highest BCUT2D eigenvalue weighted by Gasteiger charge is 2.21. The SMILES string of the molecule is CSCCCCCCNC(=O)NC(C)(C)CCC(=O)O. The van der Waals surface area contributed by atoms with Crippen LogP contribution < -0.4 is 10.6 Å². The number of rotatable bonds is 11. The van der Waals surface area contributed by atoms with E-state index in [2.05, 4.69) is 16.9 Å². The highest BCUT2D eigenvalue weighted by molar-refractivity contribution is 7.98. The molecule has 0 aliphatic heterocycles. The van der Waals surface area contributed by atoms with Gasteiger partial charge in [-0.3, -0.25) is 4.79 Å². The first-order valence-corrected chi connectivity index (χ1v) is 8.53. The third-order valence-corrected chi connectivity index (χ3v) is 3.67. The van der Waals surface area contributed by atoms with Gasteiger partial charge in [0.05, 0.1) is 0 Å². The number of thioether (sulfide) groups is 1. The Morgan fingerprint density at radius 1 is 1.15 bits per heavy atom. The van der Waals surface area contributed by atoms with Crippen LogP contribution in [0.1, 0.15) is 52.4 Å². The zero-order chi connectivity index (χ0) is 15.4. The summed E-state index contributed by atoms with van der Waals surface area (Å²) >= 11 is 1.86. The van der Waals surface area contributed by atoms with E-state index in [1.54, 1.807) is 0 Å². The molecule has 0 heterocycles. The standard InChI is InChI=1S/C14H28N2O3S/c1-14(2,9-8-12(17)18)16-13(19)15-10-6-4-5-7-11-20-3/h4-11H2,1-3H3,(H,17,18)(H2,15,16,19). The zero-order valence-electron chi connectivity index (χ0n) is 12.8. The molecule has 118 valence electrons. The molecule has 0 rings (SSSR count). The molecule has 0 unspecified atom stereocenters. The van der Waals surface area contributed by atoms with Crippen LogP contribution in [0.25, 0.3) is 0 Å². The monoisotopic (exact) mass is 304 g/mol. The zero-order valence-corrected chi connectivity index (χ0v) is 13.6. The first kappa shape index (κ1) is 19.1. The summed E-state index contributed by atoms with van der Waals surface area (Å²) in [6.45, 7) is 4.33. The summed E-state index contributed by atoms with van der Waals surface area (Å²) in [6.07, 6.45) is 7.13. The number of carbonyl (C=O) groups excluding carboxylic acids is 1. The minimum absolute atomic E-state index is 0.0583. The number of urea groups is 1. The molecule has 0 aromatic rings. The summed E-state index contributed by atoms with van der Waals surface area (Å²) < 4.78 is 0. The lowest BCUT2D eigenvalue weighted by atomic mass is 9.99. The van der Waals surface area contributed by atoms with Crippen LogP contribution in [-0.4, -0.2) is 41.2 Å². The van der Waals surface area contributed by atoms with Gasteiger partial charge in [0.1, 0.15) is 0 Å². The number of unbranched alkanes of at least 4 members (excludes halogenated alkanes) is 3. The van der Waals surface area contributed by atoms with Crippen molar-refractivity contribution in [2.75, 3.05) is 18.6 Å². The second kappa shape index (κ2) is 10.8. The maximum atomic E-state index is 11.7. The fourth-order valence-electron chi connectivity index (χ4n) is 1.76. The number of carboxylic acids is 1. The van der Waals surface area contributed by atoms with Crippen molar-refractivity contribution in [3.63, 3.8) is 0 Å². The van der Waals surface area contributed by atoms with E-state index in [9.17, 15) is 9.59 Å². The molecule has 0 saturated heterocycles. The van der Waals surface area contributed by atoms with Crippen LogP contribution in [0.15, 0.2) is 0 Å². The molecule has 0 aromatic carbocycles. The third-order valence-electron chi connectivity index (χ3n) is 2.98. The van der Waals surface area contributed by atoms with E-state index in [-0.39, 0.29) is 12.5 Å². The van der Waals surface area contributed by atoms with Gasteiger partial charge in [0.15, 0.2) is 0 Å². The average Bonchev–Trinajstić information content (AvgIpc) is 2.35. The van der Waals surface area contributed by atoms with Gasteiger partial charge in [-0.15, -0.1) is 0 Å². The van der Waals surface area contributed by atoms with E-state index in [0.29, 0.717) is 13.0 Å². The molecule has 20 heavy (non-hydrogen) atoms.